The third-order valence-corrected chi connectivity index (χ3v) is 5.49. The summed E-state index contributed by atoms with van der Waals surface area (Å²) >= 11 is 0. The Labute approximate surface area is 201 Å². The summed E-state index contributed by atoms with van der Waals surface area (Å²) in [7, 11) is 0. The van der Waals surface area contributed by atoms with Crippen LogP contribution in [0, 0.1) is 6.92 Å². The second-order valence-corrected chi connectivity index (χ2v) is 7.93. The number of carbonyl (C=O) groups is 1. The zero-order valence-corrected chi connectivity index (χ0v) is 19.2. The molecule has 0 aliphatic carbocycles. The number of aliphatic hydroxyl groups excluding tert-OH is 1. The lowest BCUT2D eigenvalue weighted by Gasteiger charge is -2.28. The molecule has 1 amide bonds. The minimum atomic E-state index is -2.77. The SMILES string of the molecule is Cc1ncc(NC(=O)c2ccnc(C(F)F)c2)cc1-c1cc(NCCO)nc(N2CCOCC2)c1. The number of nitrogens with one attached hydrogen (secondary N) is 2. The first-order chi connectivity index (χ1) is 16.9. The molecular weight excluding hydrogens is 458 g/mol. The second kappa shape index (κ2) is 11.2. The van der Waals surface area contributed by atoms with E-state index in [0.29, 0.717) is 44.4 Å². The van der Waals surface area contributed by atoms with E-state index in [4.69, 9.17) is 4.74 Å². The lowest BCUT2D eigenvalue weighted by molar-refractivity contribution is 0.102. The lowest BCUT2D eigenvalue weighted by Crippen LogP contribution is -2.36. The molecule has 0 radical (unpaired) electrons. The average Bonchev–Trinajstić information content (AvgIpc) is 2.89. The van der Waals surface area contributed by atoms with Crippen molar-refractivity contribution >= 4 is 23.2 Å². The van der Waals surface area contributed by atoms with Crippen LogP contribution in [0.15, 0.2) is 42.7 Å². The molecule has 4 heterocycles. The molecule has 4 rings (SSSR count). The van der Waals surface area contributed by atoms with Crippen molar-refractivity contribution in [2.24, 2.45) is 0 Å². The maximum absolute atomic E-state index is 13.0. The normalized spacial score (nSPS) is 13.7. The van der Waals surface area contributed by atoms with Crippen molar-refractivity contribution in [1.29, 1.82) is 0 Å². The summed E-state index contributed by atoms with van der Waals surface area (Å²) in [6.45, 7) is 4.79. The van der Waals surface area contributed by atoms with Gasteiger partial charge in [-0.3, -0.25) is 14.8 Å². The Kier molecular flexibility index (Phi) is 7.78. The molecule has 0 saturated carbocycles. The standard InChI is InChI=1S/C24H26F2N6O3/c1-15-19(13-18(14-29-15)30-24(34)16-2-3-27-20(10-16)23(25)26)17-11-21(28-4-7-33)31-22(12-17)32-5-8-35-9-6-32/h2-3,10-14,23,33H,4-9H2,1H3,(H,28,31)(H,30,34). The molecule has 3 aromatic heterocycles. The van der Waals surface area contributed by atoms with Gasteiger partial charge in [-0.15, -0.1) is 0 Å². The average molecular weight is 485 g/mol. The van der Waals surface area contributed by atoms with E-state index in [0.717, 1.165) is 28.7 Å². The first kappa shape index (κ1) is 24.4. The highest BCUT2D eigenvalue weighted by atomic mass is 19.3. The number of morpholine rings is 1. The summed E-state index contributed by atoms with van der Waals surface area (Å²) in [5, 5.41) is 15.1. The molecule has 1 saturated heterocycles. The number of halogens is 2. The van der Waals surface area contributed by atoms with E-state index >= 15 is 0 Å². The number of aliphatic hydroxyl groups is 1. The number of hydrogen-bond acceptors (Lipinski definition) is 8. The van der Waals surface area contributed by atoms with Crippen molar-refractivity contribution in [3.05, 3.63) is 59.7 Å². The summed E-state index contributed by atoms with van der Waals surface area (Å²) in [6, 6.07) is 8.03. The number of nitrogens with zero attached hydrogens (tertiary/aromatic N) is 4. The van der Waals surface area contributed by atoms with Gasteiger partial charge in [0, 0.05) is 42.7 Å². The molecule has 3 N–H and O–H groups in total. The van der Waals surface area contributed by atoms with Crippen molar-refractivity contribution < 1.29 is 23.4 Å². The van der Waals surface area contributed by atoms with Crippen LogP contribution in [0.4, 0.5) is 26.1 Å². The van der Waals surface area contributed by atoms with Gasteiger partial charge in [0.25, 0.3) is 12.3 Å². The fourth-order valence-corrected chi connectivity index (χ4v) is 3.71. The van der Waals surface area contributed by atoms with Gasteiger partial charge in [0.05, 0.1) is 31.7 Å². The molecule has 0 unspecified atom stereocenters. The number of aryl methyl sites for hydroxylation is 1. The Morgan fingerprint density at radius 3 is 2.74 bits per heavy atom. The number of amides is 1. The van der Waals surface area contributed by atoms with Crippen LogP contribution >= 0.6 is 0 Å². The van der Waals surface area contributed by atoms with Gasteiger partial charge in [-0.2, -0.15) is 0 Å². The summed E-state index contributed by atoms with van der Waals surface area (Å²) in [6.07, 6.45) is -0.0716. The molecule has 1 aliphatic rings. The van der Waals surface area contributed by atoms with Crippen LogP contribution < -0.4 is 15.5 Å². The maximum Gasteiger partial charge on any atom is 0.280 e. The molecule has 0 bridgehead atoms. The van der Waals surface area contributed by atoms with Gasteiger partial charge in [-0.1, -0.05) is 0 Å². The van der Waals surface area contributed by atoms with Crippen LogP contribution in [-0.4, -0.2) is 65.4 Å². The lowest BCUT2D eigenvalue weighted by atomic mass is 10.0. The predicted molar refractivity (Wildman–Crippen MR) is 128 cm³/mol. The molecule has 3 aromatic rings. The van der Waals surface area contributed by atoms with E-state index in [1.807, 2.05) is 19.1 Å². The fourth-order valence-electron chi connectivity index (χ4n) is 3.71. The molecule has 11 heteroatoms. The van der Waals surface area contributed by atoms with Crippen molar-refractivity contribution in [3.8, 4) is 11.1 Å². The monoisotopic (exact) mass is 484 g/mol. The van der Waals surface area contributed by atoms with Gasteiger partial charge >= 0.3 is 0 Å². The molecule has 0 aromatic carbocycles. The minimum absolute atomic E-state index is 0.0385. The Hall–Kier alpha value is -3.70. The molecule has 1 fully saturated rings. The number of hydrogen-bond donors (Lipinski definition) is 3. The zero-order chi connectivity index (χ0) is 24.8. The number of aromatic nitrogens is 3. The molecular formula is C24H26F2N6O3. The van der Waals surface area contributed by atoms with Crippen molar-refractivity contribution in [2.45, 2.75) is 13.3 Å². The second-order valence-electron chi connectivity index (χ2n) is 7.93. The topological polar surface area (TPSA) is 112 Å². The van der Waals surface area contributed by atoms with Gasteiger partial charge < -0.3 is 25.4 Å². The van der Waals surface area contributed by atoms with E-state index in [1.165, 1.54) is 18.5 Å². The van der Waals surface area contributed by atoms with E-state index in [9.17, 15) is 18.7 Å². The maximum atomic E-state index is 13.0. The van der Waals surface area contributed by atoms with Gasteiger partial charge in [-0.05, 0) is 42.8 Å². The number of ether oxygens (including phenoxy) is 1. The molecule has 1 aliphatic heterocycles. The number of anilines is 3. The van der Waals surface area contributed by atoms with Crippen LogP contribution in [0.5, 0.6) is 0 Å². The Bertz CT molecular complexity index is 1190. The summed E-state index contributed by atoms with van der Waals surface area (Å²) < 4.78 is 31.4. The third-order valence-electron chi connectivity index (χ3n) is 5.49. The van der Waals surface area contributed by atoms with E-state index in [1.54, 1.807) is 6.07 Å². The first-order valence-electron chi connectivity index (χ1n) is 11.2. The predicted octanol–water partition coefficient (Wildman–Crippen LogP) is 3.28. The van der Waals surface area contributed by atoms with Crippen molar-refractivity contribution in [3.63, 3.8) is 0 Å². The van der Waals surface area contributed by atoms with Crippen LogP contribution in [0.3, 0.4) is 0 Å². The number of rotatable bonds is 8. The first-order valence-corrected chi connectivity index (χ1v) is 11.2. The largest absolute Gasteiger partial charge is 0.395 e. The third kappa shape index (κ3) is 6.06. The van der Waals surface area contributed by atoms with Crippen molar-refractivity contribution in [1.82, 2.24) is 15.0 Å². The Morgan fingerprint density at radius 2 is 2.00 bits per heavy atom. The van der Waals surface area contributed by atoms with E-state index in [-0.39, 0.29) is 12.2 Å². The summed E-state index contributed by atoms with van der Waals surface area (Å²) in [4.78, 5) is 27.5. The van der Waals surface area contributed by atoms with Crippen LogP contribution in [0.25, 0.3) is 11.1 Å². The number of alkyl halides is 2. The number of carbonyl (C=O) groups excluding carboxylic acids is 1. The molecule has 0 spiro atoms. The molecule has 184 valence electrons. The van der Waals surface area contributed by atoms with E-state index in [2.05, 4.69) is 30.5 Å². The quantitative estimate of drug-likeness (QED) is 0.447. The Morgan fingerprint density at radius 1 is 1.20 bits per heavy atom. The van der Waals surface area contributed by atoms with Gasteiger partial charge in [0.2, 0.25) is 0 Å². The zero-order valence-electron chi connectivity index (χ0n) is 19.2. The number of pyridine rings is 3. The summed E-state index contributed by atoms with van der Waals surface area (Å²) in [5.41, 5.74) is 2.36. The minimum Gasteiger partial charge on any atom is -0.395 e. The van der Waals surface area contributed by atoms with Crippen LogP contribution in [0.1, 0.15) is 28.2 Å². The summed E-state index contributed by atoms with van der Waals surface area (Å²) in [5.74, 6) is 0.819. The van der Waals surface area contributed by atoms with E-state index < -0.39 is 18.0 Å². The smallest absolute Gasteiger partial charge is 0.280 e. The van der Waals surface area contributed by atoms with Crippen molar-refractivity contribution in [2.75, 3.05) is 55.0 Å². The van der Waals surface area contributed by atoms with Gasteiger partial charge in [-0.25, -0.2) is 13.8 Å². The molecule has 0 atom stereocenters. The highest BCUT2D eigenvalue weighted by molar-refractivity contribution is 6.04. The molecule has 9 nitrogen and oxygen atoms in total. The highest BCUT2D eigenvalue weighted by Gasteiger charge is 2.17. The molecule has 35 heavy (non-hydrogen) atoms. The van der Waals surface area contributed by atoms with Crippen LogP contribution in [0.2, 0.25) is 0 Å². The van der Waals surface area contributed by atoms with Crippen LogP contribution in [-0.2, 0) is 4.74 Å². The van der Waals surface area contributed by atoms with Gasteiger partial charge in [0.15, 0.2) is 0 Å². The Balaban J connectivity index is 1.64. The van der Waals surface area contributed by atoms with Gasteiger partial charge in [0.1, 0.15) is 17.3 Å². The highest BCUT2D eigenvalue weighted by Crippen LogP contribution is 2.30. The fraction of sp³-hybridized carbons (Fsp3) is 0.333.